The number of hydrogen-bond donors (Lipinski definition) is 3. The molecule has 19 heavy (non-hydrogen) atoms. The highest BCUT2D eigenvalue weighted by atomic mass is 32.2. The van der Waals surface area contributed by atoms with E-state index in [-0.39, 0.29) is 35.3 Å². The van der Waals surface area contributed by atoms with Crippen LogP contribution in [0.5, 0.6) is 0 Å². The van der Waals surface area contributed by atoms with Crippen molar-refractivity contribution >= 4 is 11.8 Å². The van der Waals surface area contributed by atoms with Crippen molar-refractivity contribution in [1.82, 2.24) is 9.55 Å². The molecule has 3 unspecified atom stereocenters. The van der Waals surface area contributed by atoms with E-state index in [2.05, 4.69) is 4.98 Å². The van der Waals surface area contributed by atoms with Gasteiger partial charge in [0.2, 0.25) is 0 Å². The number of nitrogens with zero attached hydrogens (tertiary/aromatic N) is 1. The van der Waals surface area contributed by atoms with Crippen molar-refractivity contribution in [3.63, 3.8) is 0 Å². The molecule has 1 saturated heterocycles. The van der Waals surface area contributed by atoms with Gasteiger partial charge in [-0.25, -0.2) is 4.79 Å². The van der Waals surface area contributed by atoms with Gasteiger partial charge in [0.1, 0.15) is 0 Å². The molecule has 2 heterocycles. The Labute approximate surface area is 114 Å². The van der Waals surface area contributed by atoms with Crippen molar-refractivity contribution in [2.45, 2.75) is 30.4 Å². The Balaban J connectivity index is 2.33. The average Bonchev–Trinajstić information content (AvgIpc) is 2.82. The molecule has 3 atom stereocenters. The summed E-state index contributed by atoms with van der Waals surface area (Å²) < 4.78 is 1.50. The standard InChI is InChI=1S/C12H18N2O4S/c1-2-7-4-14(12(18)13-11(7)17)10-3-8(5-15)9(6-16)19-10/h4,8-10,15-16H,2-3,5-6H2,1H3,(H,13,17,18). The maximum atomic E-state index is 11.9. The topological polar surface area (TPSA) is 95.3 Å². The van der Waals surface area contributed by atoms with E-state index >= 15 is 0 Å². The molecule has 0 spiro atoms. The zero-order valence-corrected chi connectivity index (χ0v) is 11.5. The highest BCUT2D eigenvalue weighted by molar-refractivity contribution is 8.00. The quantitative estimate of drug-likeness (QED) is 0.706. The summed E-state index contributed by atoms with van der Waals surface area (Å²) in [5.74, 6) is -0.0242. The Kier molecular flexibility index (Phi) is 4.49. The van der Waals surface area contributed by atoms with Crippen molar-refractivity contribution < 1.29 is 10.2 Å². The van der Waals surface area contributed by atoms with Crippen LogP contribution in [0.3, 0.4) is 0 Å². The second-order valence-corrected chi connectivity index (χ2v) is 6.09. The van der Waals surface area contributed by atoms with E-state index in [1.54, 1.807) is 6.20 Å². The Morgan fingerprint density at radius 2 is 2.16 bits per heavy atom. The van der Waals surface area contributed by atoms with Gasteiger partial charge >= 0.3 is 5.69 Å². The van der Waals surface area contributed by atoms with Crippen LogP contribution in [0.1, 0.15) is 24.3 Å². The second-order valence-electron chi connectivity index (χ2n) is 4.66. The lowest BCUT2D eigenvalue weighted by Gasteiger charge is -2.13. The summed E-state index contributed by atoms with van der Waals surface area (Å²) in [5, 5.41) is 18.3. The van der Waals surface area contributed by atoms with Crippen LogP contribution in [0.2, 0.25) is 0 Å². The van der Waals surface area contributed by atoms with E-state index in [1.165, 1.54) is 16.3 Å². The third kappa shape index (κ3) is 2.77. The van der Waals surface area contributed by atoms with Gasteiger partial charge in [0.05, 0.1) is 12.0 Å². The highest BCUT2D eigenvalue weighted by Crippen LogP contribution is 2.44. The molecule has 0 aliphatic carbocycles. The van der Waals surface area contributed by atoms with Crippen LogP contribution >= 0.6 is 11.8 Å². The number of H-pyrrole nitrogens is 1. The Bertz CT molecular complexity index is 541. The fourth-order valence-corrected chi connectivity index (χ4v) is 3.89. The van der Waals surface area contributed by atoms with Crippen LogP contribution < -0.4 is 11.2 Å². The van der Waals surface area contributed by atoms with Crippen molar-refractivity contribution in [1.29, 1.82) is 0 Å². The Hall–Kier alpha value is -1.05. The fraction of sp³-hybridized carbons (Fsp3) is 0.667. The molecule has 1 fully saturated rings. The Morgan fingerprint density at radius 1 is 1.42 bits per heavy atom. The van der Waals surface area contributed by atoms with E-state index in [0.717, 1.165) is 0 Å². The average molecular weight is 286 g/mol. The molecule has 1 aliphatic rings. The lowest BCUT2D eigenvalue weighted by atomic mass is 10.0. The molecule has 0 bridgehead atoms. The summed E-state index contributed by atoms with van der Waals surface area (Å²) in [6.45, 7) is 1.83. The molecule has 7 heteroatoms. The smallest absolute Gasteiger partial charge is 0.329 e. The molecule has 1 aromatic rings. The summed E-state index contributed by atoms with van der Waals surface area (Å²) in [6, 6.07) is 0. The molecule has 1 aliphatic heterocycles. The van der Waals surface area contributed by atoms with Crippen LogP contribution in [0.15, 0.2) is 15.8 Å². The minimum Gasteiger partial charge on any atom is -0.396 e. The monoisotopic (exact) mass is 286 g/mol. The van der Waals surface area contributed by atoms with Crippen LogP contribution in [-0.2, 0) is 6.42 Å². The lowest BCUT2D eigenvalue weighted by Crippen LogP contribution is -2.32. The predicted octanol–water partition coefficient (Wildman–Crippen LogP) is -0.296. The summed E-state index contributed by atoms with van der Waals surface area (Å²) in [7, 11) is 0. The lowest BCUT2D eigenvalue weighted by molar-refractivity contribution is 0.187. The molecule has 0 aromatic carbocycles. The van der Waals surface area contributed by atoms with Gasteiger partial charge in [0, 0.05) is 23.6 Å². The van der Waals surface area contributed by atoms with E-state index in [9.17, 15) is 19.8 Å². The van der Waals surface area contributed by atoms with Gasteiger partial charge in [-0.15, -0.1) is 11.8 Å². The van der Waals surface area contributed by atoms with Crippen molar-refractivity contribution in [2.75, 3.05) is 13.2 Å². The largest absolute Gasteiger partial charge is 0.396 e. The molecular formula is C12H18N2O4S. The van der Waals surface area contributed by atoms with Gasteiger partial charge in [-0.05, 0) is 18.8 Å². The third-order valence-corrected chi connectivity index (χ3v) is 5.13. The minimum atomic E-state index is -0.435. The van der Waals surface area contributed by atoms with Crippen molar-refractivity contribution in [2.24, 2.45) is 5.92 Å². The minimum absolute atomic E-state index is 0.00648. The number of aromatic amines is 1. The van der Waals surface area contributed by atoms with Crippen LogP contribution in [-0.4, -0.2) is 38.2 Å². The number of rotatable bonds is 4. The van der Waals surface area contributed by atoms with E-state index in [0.29, 0.717) is 18.4 Å². The molecule has 2 rings (SSSR count). The molecular weight excluding hydrogens is 268 g/mol. The van der Waals surface area contributed by atoms with Gasteiger partial charge in [-0.3, -0.25) is 14.3 Å². The molecule has 0 saturated carbocycles. The predicted molar refractivity (Wildman–Crippen MR) is 73.4 cm³/mol. The van der Waals surface area contributed by atoms with Crippen LogP contribution in [0.25, 0.3) is 0 Å². The number of nitrogens with one attached hydrogen (secondary N) is 1. The third-order valence-electron chi connectivity index (χ3n) is 3.51. The normalized spacial score (nSPS) is 26.8. The van der Waals surface area contributed by atoms with E-state index in [4.69, 9.17) is 0 Å². The number of hydrogen-bond acceptors (Lipinski definition) is 5. The first-order valence-electron chi connectivity index (χ1n) is 6.32. The van der Waals surface area contributed by atoms with Gasteiger partial charge in [0.25, 0.3) is 5.56 Å². The molecule has 106 valence electrons. The first kappa shape index (κ1) is 14.4. The number of aliphatic hydroxyl groups is 2. The Morgan fingerprint density at radius 3 is 2.68 bits per heavy atom. The zero-order chi connectivity index (χ0) is 14.0. The fourth-order valence-electron chi connectivity index (χ4n) is 2.34. The van der Waals surface area contributed by atoms with Gasteiger partial charge in [0.15, 0.2) is 0 Å². The van der Waals surface area contributed by atoms with E-state index in [1.807, 2.05) is 6.92 Å². The molecule has 0 radical (unpaired) electrons. The highest BCUT2D eigenvalue weighted by Gasteiger charge is 2.35. The molecule has 0 amide bonds. The van der Waals surface area contributed by atoms with Crippen molar-refractivity contribution in [3.8, 4) is 0 Å². The summed E-state index contributed by atoms with van der Waals surface area (Å²) in [4.78, 5) is 25.7. The van der Waals surface area contributed by atoms with Crippen LogP contribution in [0.4, 0.5) is 0 Å². The zero-order valence-electron chi connectivity index (χ0n) is 10.7. The first-order chi connectivity index (χ1) is 9.10. The number of thioether (sulfide) groups is 1. The molecule has 3 N–H and O–H groups in total. The van der Waals surface area contributed by atoms with E-state index < -0.39 is 5.69 Å². The number of aromatic nitrogens is 2. The SMILES string of the molecule is CCc1cn(C2CC(CO)C(CO)S2)c(=O)[nH]c1=O. The van der Waals surface area contributed by atoms with Crippen molar-refractivity contribution in [3.05, 3.63) is 32.6 Å². The van der Waals surface area contributed by atoms with Gasteiger partial charge in [-0.1, -0.05) is 6.92 Å². The summed E-state index contributed by atoms with van der Waals surface area (Å²) >= 11 is 1.47. The maximum Gasteiger partial charge on any atom is 0.329 e. The molecule has 1 aromatic heterocycles. The maximum absolute atomic E-state index is 11.9. The van der Waals surface area contributed by atoms with Gasteiger partial charge < -0.3 is 10.2 Å². The number of aryl methyl sites for hydroxylation is 1. The second kappa shape index (κ2) is 5.94. The summed E-state index contributed by atoms with van der Waals surface area (Å²) in [5.41, 5.74) is -0.215. The van der Waals surface area contributed by atoms with Crippen LogP contribution in [0, 0.1) is 5.92 Å². The first-order valence-corrected chi connectivity index (χ1v) is 7.26. The number of aliphatic hydroxyl groups excluding tert-OH is 2. The molecule has 6 nitrogen and oxygen atoms in total. The summed E-state index contributed by atoms with van der Waals surface area (Å²) in [6.07, 6.45) is 2.76. The van der Waals surface area contributed by atoms with Gasteiger partial charge in [-0.2, -0.15) is 0 Å².